The lowest BCUT2D eigenvalue weighted by atomic mass is 9.89. The summed E-state index contributed by atoms with van der Waals surface area (Å²) in [5, 5.41) is 4.66. The SMILES string of the molecule is C[C@@H]1CCCC(=NNC(=O)c2ccccc2Cl)C1. The fourth-order valence-corrected chi connectivity index (χ4v) is 2.42. The zero-order valence-corrected chi connectivity index (χ0v) is 11.2. The van der Waals surface area contributed by atoms with Crippen molar-refractivity contribution in [1.29, 1.82) is 0 Å². The predicted molar refractivity (Wildman–Crippen MR) is 74.0 cm³/mol. The van der Waals surface area contributed by atoms with E-state index in [1.807, 2.05) is 0 Å². The molecule has 96 valence electrons. The molecule has 0 heterocycles. The highest BCUT2D eigenvalue weighted by Gasteiger charge is 2.15. The summed E-state index contributed by atoms with van der Waals surface area (Å²) in [5.74, 6) is 0.418. The molecule has 1 N–H and O–H groups in total. The highest BCUT2D eigenvalue weighted by Crippen LogP contribution is 2.21. The summed E-state index contributed by atoms with van der Waals surface area (Å²) in [6.07, 6.45) is 4.36. The molecule has 3 nitrogen and oxygen atoms in total. The fraction of sp³-hybridized carbons (Fsp3) is 0.429. The first kappa shape index (κ1) is 13.1. The van der Waals surface area contributed by atoms with Crippen molar-refractivity contribution in [3.8, 4) is 0 Å². The van der Waals surface area contributed by atoms with Gasteiger partial charge in [-0.15, -0.1) is 0 Å². The third-order valence-electron chi connectivity index (χ3n) is 3.18. The molecule has 1 atom stereocenters. The van der Waals surface area contributed by atoms with Crippen LogP contribution in [0.5, 0.6) is 0 Å². The largest absolute Gasteiger partial charge is 0.272 e. The van der Waals surface area contributed by atoms with Crippen LogP contribution in [0.3, 0.4) is 0 Å². The lowest BCUT2D eigenvalue weighted by Gasteiger charge is -2.18. The van der Waals surface area contributed by atoms with E-state index in [1.54, 1.807) is 24.3 Å². The first-order valence-electron chi connectivity index (χ1n) is 6.27. The van der Waals surface area contributed by atoms with E-state index in [2.05, 4.69) is 17.5 Å². The lowest BCUT2D eigenvalue weighted by molar-refractivity contribution is 0.0954. The van der Waals surface area contributed by atoms with Gasteiger partial charge in [0.15, 0.2) is 0 Å². The van der Waals surface area contributed by atoms with Gasteiger partial charge in [0, 0.05) is 5.71 Å². The number of carbonyl (C=O) groups excluding carboxylic acids is 1. The van der Waals surface area contributed by atoms with Crippen LogP contribution in [0.2, 0.25) is 5.02 Å². The van der Waals surface area contributed by atoms with Gasteiger partial charge < -0.3 is 0 Å². The number of amides is 1. The minimum Gasteiger partial charge on any atom is -0.267 e. The van der Waals surface area contributed by atoms with Gasteiger partial charge in [-0.25, -0.2) is 5.43 Å². The van der Waals surface area contributed by atoms with Crippen LogP contribution < -0.4 is 5.43 Å². The molecule has 1 saturated carbocycles. The summed E-state index contributed by atoms with van der Waals surface area (Å²) < 4.78 is 0. The minimum atomic E-state index is -0.244. The number of rotatable bonds is 2. The normalized spacial score (nSPS) is 21.9. The van der Waals surface area contributed by atoms with E-state index in [9.17, 15) is 4.79 Å². The van der Waals surface area contributed by atoms with Gasteiger partial charge in [0.05, 0.1) is 10.6 Å². The summed E-state index contributed by atoms with van der Waals surface area (Å²) in [6.45, 7) is 2.21. The predicted octanol–water partition coefficient (Wildman–Crippen LogP) is 3.64. The molecule has 1 fully saturated rings. The molecule has 1 aromatic carbocycles. The average molecular weight is 265 g/mol. The lowest BCUT2D eigenvalue weighted by Crippen LogP contribution is -2.22. The van der Waals surface area contributed by atoms with Gasteiger partial charge in [0.25, 0.3) is 5.91 Å². The van der Waals surface area contributed by atoms with E-state index in [4.69, 9.17) is 11.6 Å². The van der Waals surface area contributed by atoms with Crippen molar-refractivity contribution in [2.24, 2.45) is 11.0 Å². The number of nitrogens with one attached hydrogen (secondary N) is 1. The third kappa shape index (κ3) is 3.33. The summed E-state index contributed by atoms with van der Waals surface area (Å²) >= 11 is 5.95. The minimum absolute atomic E-state index is 0.244. The Morgan fingerprint density at radius 2 is 2.22 bits per heavy atom. The maximum atomic E-state index is 11.9. The van der Waals surface area contributed by atoms with Gasteiger partial charge in [-0.2, -0.15) is 5.10 Å². The quantitative estimate of drug-likeness (QED) is 0.814. The molecule has 0 radical (unpaired) electrons. The molecule has 1 aromatic rings. The van der Waals surface area contributed by atoms with Crippen LogP contribution in [0.1, 0.15) is 43.0 Å². The molecule has 0 saturated heterocycles. The summed E-state index contributed by atoms with van der Waals surface area (Å²) in [7, 11) is 0. The Balaban J connectivity index is 2.00. The van der Waals surface area contributed by atoms with E-state index in [-0.39, 0.29) is 5.91 Å². The van der Waals surface area contributed by atoms with Crippen molar-refractivity contribution in [3.63, 3.8) is 0 Å². The van der Waals surface area contributed by atoms with E-state index in [1.165, 1.54) is 6.42 Å². The molecule has 18 heavy (non-hydrogen) atoms. The molecule has 0 spiro atoms. The second-order valence-corrected chi connectivity index (χ2v) is 5.21. The van der Waals surface area contributed by atoms with Crippen LogP contribution in [0, 0.1) is 5.92 Å². The van der Waals surface area contributed by atoms with Gasteiger partial charge >= 0.3 is 0 Å². The Bertz CT molecular complexity index is 471. The van der Waals surface area contributed by atoms with Crippen molar-refractivity contribution in [2.75, 3.05) is 0 Å². The summed E-state index contributed by atoms with van der Waals surface area (Å²) in [5.41, 5.74) is 4.14. The Morgan fingerprint density at radius 3 is 2.94 bits per heavy atom. The molecule has 4 heteroatoms. The molecule has 0 aromatic heterocycles. The van der Waals surface area contributed by atoms with E-state index >= 15 is 0 Å². The van der Waals surface area contributed by atoms with Crippen molar-refractivity contribution in [3.05, 3.63) is 34.9 Å². The van der Waals surface area contributed by atoms with E-state index in [0.717, 1.165) is 25.0 Å². The number of nitrogens with zero attached hydrogens (tertiary/aromatic N) is 1. The molecule has 1 amide bonds. The van der Waals surface area contributed by atoms with Gasteiger partial charge in [0.1, 0.15) is 0 Å². The molecule has 1 aliphatic carbocycles. The van der Waals surface area contributed by atoms with E-state index in [0.29, 0.717) is 16.5 Å². The fourth-order valence-electron chi connectivity index (χ4n) is 2.20. The number of carbonyl (C=O) groups is 1. The number of hydrogen-bond donors (Lipinski definition) is 1. The van der Waals surface area contributed by atoms with Crippen LogP contribution >= 0.6 is 11.6 Å². The van der Waals surface area contributed by atoms with E-state index < -0.39 is 0 Å². The zero-order chi connectivity index (χ0) is 13.0. The van der Waals surface area contributed by atoms with Crippen LogP contribution in [-0.2, 0) is 0 Å². The Morgan fingerprint density at radius 1 is 1.44 bits per heavy atom. The second-order valence-electron chi connectivity index (χ2n) is 4.80. The number of hydrogen-bond acceptors (Lipinski definition) is 2. The van der Waals surface area contributed by atoms with Crippen molar-refractivity contribution >= 4 is 23.2 Å². The zero-order valence-electron chi connectivity index (χ0n) is 10.4. The van der Waals surface area contributed by atoms with Gasteiger partial charge in [-0.1, -0.05) is 30.7 Å². The van der Waals surface area contributed by atoms with Gasteiger partial charge in [-0.3, -0.25) is 4.79 Å². The van der Waals surface area contributed by atoms with Gasteiger partial charge in [-0.05, 0) is 43.7 Å². The Kier molecular flexibility index (Phi) is 4.37. The topological polar surface area (TPSA) is 41.5 Å². The number of halogens is 1. The highest BCUT2D eigenvalue weighted by molar-refractivity contribution is 6.33. The molecular formula is C14H17ClN2O. The maximum Gasteiger partial charge on any atom is 0.272 e. The number of benzene rings is 1. The summed E-state index contributed by atoms with van der Waals surface area (Å²) in [6, 6.07) is 6.98. The Labute approximate surface area is 112 Å². The smallest absolute Gasteiger partial charge is 0.267 e. The van der Waals surface area contributed by atoms with Crippen LogP contribution in [-0.4, -0.2) is 11.6 Å². The molecule has 0 aliphatic heterocycles. The van der Waals surface area contributed by atoms with Crippen LogP contribution in [0.4, 0.5) is 0 Å². The molecule has 1 aliphatic rings. The van der Waals surface area contributed by atoms with Crippen LogP contribution in [0.25, 0.3) is 0 Å². The number of hydrazone groups is 1. The second kappa shape index (κ2) is 6.01. The summed E-state index contributed by atoms with van der Waals surface area (Å²) in [4.78, 5) is 11.9. The molecule has 0 unspecified atom stereocenters. The highest BCUT2D eigenvalue weighted by atomic mass is 35.5. The molecular weight excluding hydrogens is 248 g/mol. The van der Waals surface area contributed by atoms with Gasteiger partial charge in [0.2, 0.25) is 0 Å². The van der Waals surface area contributed by atoms with Crippen molar-refractivity contribution in [1.82, 2.24) is 5.43 Å². The molecule has 2 rings (SSSR count). The van der Waals surface area contributed by atoms with Crippen molar-refractivity contribution < 1.29 is 4.79 Å². The first-order valence-corrected chi connectivity index (χ1v) is 6.65. The standard InChI is InChI=1S/C14H17ClN2O/c1-10-5-4-6-11(9-10)16-17-14(18)12-7-2-3-8-13(12)15/h2-3,7-8,10H,4-6,9H2,1H3,(H,17,18)/t10-/m1/s1. The molecule has 0 bridgehead atoms. The Hall–Kier alpha value is -1.35. The maximum absolute atomic E-state index is 11.9. The average Bonchev–Trinajstić information content (AvgIpc) is 2.37. The van der Waals surface area contributed by atoms with Crippen LogP contribution in [0.15, 0.2) is 29.4 Å². The monoisotopic (exact) mass is 264 g/mol. The first-order chi connectivity index (χ1) is 8.66. The van der Waals surface area contributed by atoms with Crippen molar-refractivity contribution in [2.45, 2.75) is 32.6 Å². The third-order valence-corrected chi connectivity index (χ3v) is 3.51.